The van der Waals surface area contributed by atoms with Crippen LogP contribution in [-0.2, 0) is 13.5 Å². The second kappa shape index (κ2) is 9.97. The zero-order valence-corrected chi connectivity index (χ0v) is 20.5. The number of aryl methyl sites for hydroxylation is 2. The molecule has 4 aromatic rings. The highest BCUT2D eigenvalue weighted by Crippen LogP contribution is 2.32. The van der Waals surface area contributed by atoms with Gasteiger partial charge in [0.25, 0.3) is 5.92 Å². The van der Waals surface area contributed by atoms with E-state index < -0.39 is 23.9 Å². The van der Waals surface area contributed by atoms with Crippen LogP contribution in [0.15, 0.2) is 48.9 Å². The van der Waals surface area contributed by atoms with Crippen LogP contribution in [0.1, 0.15) is 24.8 Å². The number of piperidine rings is 1. The predicted octanol–water partition coefficient (Wildman–Crippen LogP) is 6.13. The first-order valence-electron chi connectivity index (χ1n) is 12.1. The average molecular weight is 538 g/mol. The van der Waals surface area contributed by atoms with Crippen molar-refractivity contribution in [3.63, 3.8) is 0 Å². The van der Waals surface area contributed by atoms with E-state index in [4.69, 9.17) is 4.98 Å². The van der Waals surface area contributed by atoms with E-state index in [-0.39, 0.29) is 18.5 Å². The maximum absolute atomic E-state index is 14.4. The summed E-state index contributed by atoms with van der Waals surface area (Å²) in [5.74, 6) is -4.73. The van der Waals surface area contributed by atoms with E-state index in [9.17, 15) is 26.3 Å². The molecule has 0 radical (unpaired) electrons. The number of rotatable bonds is 7. The Balaban J connectivity index is 1.44. The fraction of sp³-hybridized carbons (Fsp3) is 0.385. The van der Waals surface area contributed by atoms with Crippen molar-refractivity contribution in [1.82, 2.24) is 24.2 Å². The van der Waals surface area contributed by atoms with Crippen LogP contribution in [0, 0.1) is 5.82 Å². The van der Waals surface area contributed by atoms with Crippen LogP contribution in [-0.4, -0.2) is 56.2 Å². The number of ether oxygens (including phenoxy) is 1. The van der Waals surface area contributed by atoms with Gasteiger partial charge in [-0.15, -0.1) is 13.2 Å². The first-order valence-corrected chi connectivity index (χ1v) is 12.1. The molecule has 1 fully saturated rings. The fourth-order valence-electron chi connectivity index (χ4n) is 4.86. The number of aromatic nitrogens is 4. The van der Waals surface area contributed by atoms with Gasteiger partial charge in [0, 0.05) is 36.8 Å². The number of pyridine rings is 1. The van der Waals surface area contributed by atoms with Crippen LogP contribution in [0.5, 0.6) is 5.75 Å². The van der Waals surface area contributed by atoms with E-state index in [0.717, 1.165) is 28.8 Å². The first kappa shape index (κ1) is 26.1. The molecule has 0 unspecified atom stereocenters. The zero-order chi connectivity index (χ0) is 27.1. The highest BCUT2D eigenvalue weighted by molar-refractivity contribution is 5.84. The van der Waals surface area contributed by atoms with Gasteiger partial charge in [-0.1, -0.05) is 0 Å². The van der Waals surface area contributed by atoms with Crippen molar-refractivity contribution >= 4 is 11.0 Å². The summed E-state index contributed by atoms with van der Waals surface area (Å²) in [5, 5.41) is 5.04. The van der Waals surface area contributed by atoms with E-state index in [1.165, 1.54) is 6.07 Å². The van der Waals surface area contributed by atoms with Gasteiger partial charge in [0.15, 0.2) is 11.6 Å². The third kappa shape index (κ3) is 5.79. The molecule has 0 aliphatic carbocycles. The van der Waals surface area contributed by atoms with E-state index in [0.29, 0.717) is 43.7 Å². The van der Waals surface area contributed by atoms with Crippen LogP contribution < -0.4 is 4.74 Å². The van der Waals surface area contributed by atoms with Gasteiger partial charge < -0.3 is 4.74 Å². The van der Waals surface area contributed by atoms with Crippen molar-refractivity contribution in [3.05, 3.63) is 60.3 Å². The average Bonchev–Trinajstić information content (AvgIpc) is 3.42. The number of alkyl halides is 5. The number of hydrogen-bond acceptors (Lipinski definition) is 4. The van der Waals surface area contributed by atoms with Gasteiger partial charge in [-0.2, -0.15) is 5.10 Å². The summed E-state index contributed by atoms with van der Waals surface area (Å²) in [7, 11) is 1.77. The van der Waals surface area contributed by atoms with Crippen LogP contribution in [0.4, 0.5) is 26.3 Å². The molecule has 1 aromatic carbocycles. The van der Waals surface area contributed by atoms with Crippen molar-refractivity contribution < 1.29 is 31.1 Å². The van der Waals surface area contributed by atoms with E-state index in [1.807, 2.05) is 16.8 Å². The van der Waals surface area contributed by atoms with Gasteiger partial charge in [-0.25, -0.2) is 18.2 Å². The lowest BCUT2D eigenvalue weighted by Crippen LogP contribution is -2.42. The Bertz CT molecular complexity index is 1440. The number of hydrogen-bond donors (Lipinski definition) is 0. The molecule has 0 amide bonds. The van der Waals surface area contributed by atoms with Crippen LogP contribution in [0.2, 0.25) is 0 Å². The van der Waals surface area contributed by atoms with Gasteiger partial charge in [-0.05, 0) is 68.2 Å². The molecular formula is C26H25F6N5O. The van der Waals surface area contributed by atoms with Gasteiger partial charge in [0.2, 0.25) is 0 Å². The van der Waals surface area contributed by atoms with Gasteiger partial charge in [-0.3, -0.25) is 14.1 Å². The smallest absolute Gasteiger partial charge is 0.403 e. The van der Waals surface area contributed by atoms with Crippen LogP contribution >= 0.6 is 0 Å². The second-order valence-corrected chi connectivity index (χ2v) is 9.50. The minimum atomic E-state index is -5.00. The van der Waals surface area contributed by atoms with E-state index in [2.05, 4.69) is 9.84 Å². The minimum absolute atomic E-state index is 0.0713. The zero-order valence-electron chi connectivity index (χ0n) is 20.5. The van der Waals surface area contributed by atoms with Gasteiger partial charge in [0.1, 0.15) is 5.65 Å². The minimum Gasteiger partial charge on any atom is -0.403 e. The lowest BCUT2D eigenvalue weighted by Gasteiger charge is -2.32. The summed E-state index contributed by atoms with van der Waals surface area (Å²) in [6.45, 7) is 0.978. The summed E-state index contributed by atoms with van der Waals surface area (Å²) >= 11 is 0. The van der Waals surface area contributed by atoms with Crippen molar-refractivity contribution in [2.75, 3.05) is 19.6 Å². The molecule has 6 nitrogen and oxygen atoms in total. The number of nitrogens with zero attached hydrogens (tertiary/aromatic N) is 5. The lowest BCUT2D eigenvalue weighted by atomic mass is 10.1. The summed E-state index contributed by atoms with van der Waals surface area (Å²) in [6, 6.07) is 6.67. The highest BCUT2D eigenvalue weighted by atomic mass is 19.4. The molecule has 1 aliphatic rings. The Morgan fingerprint density at radius 2 is 1.92 bits per heavy atom. The summed E-state index contributed by atoms with van der Waals surface area (Å²) in [4.78, 5) is 6.49. The summed E-state index contributed by atoms with van der Waals surface area (Å²) < 4.78 is 86.6. The Kier molecular flexibility index (Phi) is 6.84. The maximum atomic E-state index is 14.4. The lowest BCUT2D eigenvalue weighted by molar-refractivity contribution is -0.275. The SMILES string of the molecule is Cn1cc(-n2cc(CCCN3CCCC(F)(F)C3)c3ccc(-c4ccc(OC(F)(F)F)c(F)c4)nc32)cn1. The van der Waals surface area contributed by atoms with Crippen molar-refractivity contribution in [1.29, 1.82) is 0 Å². The second-order valence-electron chi connectivity index (χ2n) is 9.50. The third-order valence-corrected chi connectivity index (χ3v) is 6.55. The predicted molar refractivity (Wildman–Crippen MR) is 129 cm³/mol. The van der Waals surface area contributed by atoms with Crippen molar-refractivity contribution in [2.45, 2.75) is 38.0 Å². The quantitative estimate of drug-likeness (QED) is 0.266. The molecule has 202 valence electrons. The molecule has 38 heavy (non-hydrogen) atoms. The monoisotopic (exact) mass is 537 g/mol. The first-order chi connectivity index (χ1) is 18.0. The van der Waals surface area contributed by atoms with Crippen LogP contribution in [0.25, 0.3) is 28.0 Å². The molecule has 3 aromatic heterocycles. The molecule has 1 saturated heterocycles. The summed E-state index contributed by atoms with van der Waals surface area (Å²) in [5.41, 5.74) is 2.91. The molecule has 1 aliphatic heterocycles. The highest BCUT2D eigenvalue weighted by Gasteiger charge is 2.35. The standard InChI is InChI=1S/C26H25F6N5O/c1-35-15-19(13-33-35)37-14-18(4-2-10-36-11-3-9-25(28,29)16-36)20-6-7-22(34-24(20)37)17-5-8-23(21(27)12-17)38-26(30,31)32/h5-8,12-15H,2-4,9-11,16H2,1H3. The molecule has 4 heterocycles. The van der Waals surface area contributed by atoms with E-state index >= 15 is 0 Å². The Morgan fingerprint density at radius 1 is 1.11 bits per heavy atom. The fourth-order valence-corrected chi connectivity index (χ4v) is 4.86. The number of benzene rings is 1. The molecule has 0 saturated carbocycles. The molecule has 0 spiro atoms. The third-order valence-electron chi connectivity index (χ3n) is 6.55. The van der Waals surface area contributed by atoms with Crippen molar-refractivity contribution in [2.24, 2.45) is 7.05 Å². The molecular weight excluding hydrogens is 512 g/mol. The van der Waals surface area contributed by atoms with Gasteiger partial charge in [0.05, 0.1) is 24.1 Å². The van der Waals surface area contributed by atoms with Crippen molar-refractivity contribution in [3.8, 4) is 22.7 Å². The Labute approximate surface area is 214 Å². The number of halogens is 6. The van der Waals surface area contributed by atoms with E-state index in [1.54, 1.807) is 35.1 Å². The Hall–Kier alpha value is -3.54. The largest absolute Gasteiger partial charge is 0.573 e. The number of likely N-dealkylation sites (tertiary alicyclic amines) is 1. The summed E-state index contributed by atoms with van der Waals surface area (Å²) in [6.07, 6.45) is 2.09. The molecule has 0 bridgehead atoms. The number of fused-ring (bicyclic) bond motifs is 1. The topological polar surface area (TPSA) is 48.1 Å². The molecule has 0 atom stereocenters. The maximum Gasteiger partial charge on any atom is 0.573 e. The van der Waals surface area contributed by atoms with Gasteiger partial charge >= 0.3 is 6.36 Å². The Morgan fingerprint density at radius 3 is 2.61 bits per heavy atom. The molecule has 0 N–H and O–H groups in total. The normalized spacial score (nSPS) is 16.3. The molecule has 12 heteroatoms. The van der Waals surface area contributed by atoms with Crippen LogP contribution in [0.3, 0.4) is 0 Å². The molecule has 5 rings (SSSR count).